The molecule has 0 fully saturated rings. The number of hydrogen-bond acceptors (Lipinski definition) is 9. The van der Waals surface area contributed by atoms with Gasteiger partial charge in [-0.15, -0.1) is 13.2 Å². The van der Waals surface area contributed by atoms with E-state index in [-0.39, 0.29) is 23.3 Å². The molecule has 16 heteroatoms. The lowest BCUT2D eigenvalue weighted by atomic mass is 9.97. The number of carbonyl (C=O) groups excluding carboxylic acids is 2. The van der Waals surface area contributed by atoms with Crippen LogP contribution in [0, 0.1) is 4.91 Å². The van der Waals surface area contributed by atoms with Crippen LogP contribution in [-0.4, -0.2) is 50.3 Å². The number of nitrogens with one attached hydrogen (secondary N) is 1. The third-order valence-electron chi connectivity index (χ3n) is 4.20. The minimum atomic E-state index is -5.11. The summed E-state index contributed by atoms with van der Waals surface area (Å²) in [6.45, 7) is 1.19. The average Bonchev–Trinajstić information content (AvgIpc) is 2.74. The van der Waals surface area contributed by atoms with Gasteiger partial charge in [-0.2, -0.15) is 13.2 Å². The first kappa shape index (κ1) is 27.5. The molecule has 1 N–H and O–H groups in total. The number of halogens is 6. The summed E-state index contributed by atoms with van der Waals surface area (Å²) in [7, 11) is 0. The molecule has 0 spiro atoms. The molecule has 0 aliphatic carbocycles. The van der Waals surface area contributed by atoms with Gasteiger partial charge in [0.25, 0.3) is 0 Å². The fourth-order valence-electron chi connectivity index (χ4n) is 2.78. The van der Waals surface area contributed by atoms with Crippen LogP contribution in [0.5, 0.6) is 11.5 Å². The Balaban J connectivity index is 2.21. The molecule has 0 bridgehead atoms. The molecular formula is C19H18F6NO9+. The van der Waals surface area contributed by atoms with Crippen molar-refractivity contribution in [3.63, 3.8) is 0 Å². The molecule has 0 radical (unpaired) electrons. The maximum Gasteiger partial charge on any atom is 0.573 e. The van der Waals surface area contributed by atoms with Crippen molar-refractivity contribution in [1.29, 1.82) is 0 Å². The van der Waals surface area contributed by atoms with Crippen LogP contribution in [0.3, 0.4) is 0 Å². The van der Waals surface area contributed by atoms with Crippen molar-refractivity contribution in [3.05, 3.63) is 33.7 Å². The van der Waals surface area contributed by atoms with Crippen LogP contribution in [0.1, 0.15) is 25.0 Å². The summed E-state index contributed by atoms with van der Waals surface area (Å²) in [6, 6.07) is 1.62. The molecule has 1 aliphatic rings. The van der Waals surface area contributed by atoms with Crippen LogP contribution in [-0.2, 0) is 30.3 Å². The van der Waals surface area contributed by atoms with E-state index in [1.807, 2.05) is 0 Å². The minimum Gasteiger partial charge on any atom is -0.475 e. The van der Waals surface area contributed by atoms with E-state index < -0.39 is 61.6 Å². The molecule has 0 amide bonds. The van der Waals surface area contributed by atoms with Crippen molar-refractivity contribution in [1.82, 2.24) is 0 Å². The number of benzene rings is 1. The molecule has 0 aromatic heterocycles. The smallest absolute Gasteiger partial charge is 0.475 e. The van der Waals surface area contributed by atoms with Gasteiger partial charge in [0.1, 0.15) is 18.1 Å². The quantitative estimate of drug-likeness (QED) is 0.228. The van der Waals surface area contributed by atoms with E-state index in [1.54, 1.807) is 0 Å². The first-order valence-corrected chi connectivity index (χ1v) is 9.62. The van der Waals surface area contributed by atoms with Crippen LogP contribution in [0.2, 0.25) is 0 Å². The molecular weight excluding hydrogens is 500 g/mol. The predicted octanol–water partition coefficient (Wildman–Crippen LogP) is 2.68. The van der Waals surface area contributed by atoms with E-state index in [0.717, 1.165) is 17.5 Å². The monoisotopic (exact) mass is 518 g/mol. The molecule has 35 heavy (non-hydrogen) atoms. The first-order chi connectivity index (χ1) is 16.2. The number of carbonyl (C=O) groups is 2. The van der Waals surface area contributed by atoms with Crippen molar-refractivity contribution in [2.24, 2.45) is 0 Å². The summed E-state index contributed by atoms with van der Waals surface area (Å²) >= 11 is 0. The van der Waals surface area contributed by atoms with E-state index in [2.05, 4.69) is 23.8 Å². The summed E-state index contributed by atoms with van der Waals surface area (Å²) in [6.07, 6.45) is -14.6. The fraction of sp³-hybridized carbons (Fsp3) is 0.474. The van der Waals surface area contributed by atoms with E-state index in [4.69, 9.17) is 4.74 Å². The van der Waals surface area contributed by atoms with Crippen molar-refractivity contribution < 1.29 is 69.8 Å². The van der Waals surface area contributed by atoms with Gasteiger partial charge < -0.3 is 23.7 Å². The molecule has 1 aromatic rings. The fourth-order valence-corrected chi connectivity index (χ4v) is 2.78. The van der Waals surface area contributed by atoms with Crippen LogP contribution in [0.4, 0.5) is 31.1 Å². The second-order valence-corrected chi connectivity index (χ2v) is 6.81. The molecule has 194 valence electrons. The van der Waals surface area contributed by atoms with Crippen molar-refractivity contribution in [3.8, 4) is 11.5 Å². The molecule has 0 saturated carbocycles. The third kappa shape index (κ3) is 7.92. The number of ether oxygens (including phenoxy) is 5. The molecule has 2 unspecified atom stereocenters. The Bertz CT molecular complexity index is 977. The highest BCUT2D eigenvalue weighted by Crippen LogP contribution is 2.42. The van der Waals surface area contributed by atoms with Gasteiger partial charge in [-0.05, 0) is 37.1 Å². The molecule has 1 aliphatic heterocycles. The zero-order valence-electron chi connectivity index (χ0n) is 18.0. The predicted molar refractivity (Wildman–Crippen MR) is 99.2 cm³/mol. The van der Waals surface area contributed by atoms with Gasteiger partial charge in [-0.1, -0.05) is 6.92 Å². The third-order valence-corrected chi connectivity index (χ3v) is 4.20. The number of aryl methyl sites for hydroxylation is 1. The Morgan fingerprint density at radius 1 is 1.11 bits per heavy atom. The molecule has 1 aromatic carbocycles. The van der Waals surface area contributed by atoms with Gasteiger partial charge in [0.05, 0.1) is 10.5 Å². The van der Waals surface area contributed by atoms with Crippen molar-refractivity contribution in [2.45, 2.75) is 45.0 Å². The van der Waals surface area contributed by atoms with Crippen LogP contribution < -0.4 is 14.8 Å². The maximum absolute atomic E-state index is 13.6. The second kappa shape index (κ2) is 11.1. The second-order valence-electron chi connectivity index (χ2n) is 6.81. The highest BCUT2D eigenvalue weighted by molar-refractivity contribution is 5.96. The van der Waals surface area contributed by atoms with Gasteiger partial charge in [0.2, 0.25) is 24.3 Å². The Kier molecular flexibility index (Phi) is 8.76. The van der Waals surface area contributed by atoms with Gasteiger partial charge in [0.15, 0.2) is 0 Å². The van der Waals surface area contributed by atoms with Crippen LogP contribution >= 0.6 is 0 Å². The highest BCUT2D eigenvalue weighted by atomic mass is 19.4. The summed E-state index contributed by atoms with van der Waals surface area (Å²) in [5, 5.41) is 1.11. The lowest BCUT2D eigenvalue weighted by Gasteiger charge is -2.29. The summed E-state index contributed by atoms with van der Waals surface area (Å²) in [5.74, 6) is -2.74. The number of fused-ring (bicyclic) bond motifs is 1. The molecule has 10 nitrogen and oxygen atoms in total. The molecule has 2 atom stereocenters. The Labute approximate surface area is 192 Å². The topological polar surface area (TPSA) is 121 Å². The lowest BCUT2D eigenvalue weighted by molar-refractivity contribution is -0.780. The number of rotatable bonds is 9. The standard InChI is InChI=1S/C19H18F6NO9/c1-3-10-4-12(34-19(23,24)25)5-11-6-13(15(18(20,21)22)33-14(10)11)16(27)31-8-32-17(28)30-7-9(2)35-26-29/h4-6,9,15,26H,3,7-8H2,1-2H3/q+1. The lowest BCUT2D eigenvalue weighted by Crippen LogP contribution is -2.65. The van der Waals surface area contributed by atoms with Gasteiger partial charge >= 0.3 is 24.7 Å². The first-order valence-electron chi connectivity index (χ1n) is 9.62. The SMILES string of the molecule is CCc1cc(OC(F)(F)F)cc2c1OC(C(F)(F)F)C(C(=O)OCOC(=O)OCC(C)O[NH+]=O)=C2. The maximum atomic E-state index is 13.6. The average molecular weight is 518 g/mol. The summed E-state index contributed by atoms with van der Waals surface area (Å²) in [4.78, 5) is 38.0. The van der Waals surface area contributed by atoms with Crippen molar-refractivity contribution in [2.75, 3.05) is 13.4 Å². The molecule has 2 rings (SSSR count). The summed E-state index contributed by atoms with van der Waals surface area (Å²) in [5.41, 5.74) is -1.44. The number of hydrogen-bond donors (Lipinski definition) is 1. The largest absolute Gasteiger partial charge is 0.573 e. The number of alkyl halides is 6. The van der Waals surface area contributed by atoms with Gasteiger partial charge in [-0.3, -0.25) is 0 Å². The van der Waals surface area contributed by atoms with E-state index in [9.17, 15) is 40.8 Å². The summed E-state index contributed by atoms with van der Waals surface area (Å²) < 4.78 is 101. The number of esters is 1. The van der Waals surface area contributed by atoms with Gasteiger partial charge in [-0.25, -0.2) is 14.4 Å². The Morgan fingerprint density at radius 2 is 1.80 bits per heavy atom. The highest BCUT2D eigenvalue weighted by Gasteiger charge is 2.49. The zero-order chi connectivity index (χ0) is 26.4. The zero-order valence-corrected chi connectivity index (χ0v) is 18.0. The minimum absolute atomic E-state index is 0.0138. The van der Waals surface area contributed by atoms with Crippen molar-refractivity contribution >= 4 is 18.2 Å². The van der Waals surface area contributed by atoms with Crippen LogP contribution in [0.25, 0.3) is 6.08 Å². The normalized spacial score (nSPS) is 16.1. The van der Waals surface area contributed by atoms with Crippen LogP contribution in [0.15, 0.2) is 17.7 Å². The van der Waals surface area contributed by atoms with E-state index >= 15 is 0 Å². The molecule has 1 heterocycles. The Hall–Kier alpha value is -3.72. The van der Waals surface area contributed by atoms with Gasteiger partial charge in [0, 0.05) is 5.56 Å². The van der Waals surface area contributed by atoms with E-state index in [1.165, 1.54) is 13.8 Å². The van der Waals surface area contributed by atoms with E-state index in [0.29, 0.717) is 6.08 Å². The Morgan fingerprint density at radius 3 is 2.37 bits per heavy atom. The molecule has 0 saturated heterocycles.